The second-order valence-electron chi connectivity index (χ2n) is 48.2. The number of rotatable bonds is 9. The van der Waals surface area contributed by atoms with Crippen LogP contribution in [-0.2, 0) is 47.1 Å². The van der Waals surface area contributed by atoms with E-state index in [0.29, 0.717) is 47.5 Å². The standard InChI is InChI=1S/C31H38N.C29H36N.C28H34N.C26H34N.C22H26N/c1-18-7-19(2)22(5)27(8-18)30-28-9-20(3)29(14-26(28)10-21(4)32(30)6)31-15-23-11-24(16-31)13-25(12-23)17-31;1-17-11-18(2)21(5)26(12-17)29-28-13-19(3)25(16-24(28)14-20(4)30(29)6)27-15-22-7-9-23(27)10-8-22;1-16-9-17(2)20(5)25(10-16)28-27-11-18(3)24(15-23(27)12-19(4)29(28)6)26-14-21-7-8-22(26)13-21;1-16-10-17(2)20(5)23(11-16)25-24-12-18(3)22(15-26(6,7)8)14-21(24)13-19(4)27(25)9;1-13-8-16(4)18(6)20(9-13)22-21-11-15(3)14(2)10-19(21)12-17(5)23(22)7/h7-10,14,23-25H,11-13,15-17H2,1-6H3;11-14,16,22-23,27H,7-10,15H2,1-6H3;9-12,15,21-22,26H,7-8,13-14H2,1-6H3;10-14H,15H2,1-9H3;8-12H,1-7H3/q5*+1/i10D;14D;12D;13D;12D. The minimum atomic E-state index is 0.224. The van der Waals surface area contributed by atoms with Gasteiger partial charge in [-0.1, -0.05) is 122 Å². The van der Waals surface area contributed by atoms with Crippen LogP contribution < -0.4 is 22.8 Å². The number of hydrogen-bond donors (Lipinski definition) is 0. The first-order valence-corrected chi connectivity index (χ1v) is 53.9. The van der Waals surface area contributed by atoms with Crippen LogP contribution in [0.25, 0.3) is 110 Å². The topological polar surface area (TPSA) is 19.4 Å². The molecule has 4 unspecified atom stereocenters. The van der Waals surface area contributed by atoms with E-state index in [9.17, 15) is 0 Å². The number of aromatic nitrogens is 5. The molecule has 15 aromatic rings. The lowest BCUT2D eigenvalue weighted by atomic mass is 9.47. The molecular weight excluding hydrogens is 1700 g/mol. The molecule has 8 bridgehead atoms. The first-order chi connectivity index (χ1) is 68.8. The Bertz CT molecular complexity index is 7880. The van der Waals surface area contributed by atoms with E-state index in [4.69, 9.17) is 6.85 Å². The van der Waals surface area contributed by atoms with Crippen LogP contribution >= 0.6 is 0 Å². The Morgan fingerprint density at radius 3 is 0.851 bits per heavy atom. The Labute approximate surface area is 856 Å². The molecule has 5 aromatic heterocycles. The van der Waals surface area contributed by atoms with E-state index in [1.54, 1.807) is 5.56 Å². The summed E-state index contributed by atoms with van der Waals surface area (Å²) in [6.45, 7) is 63.7. The van der Waals surface area contributed by atoms with Crippen LogP contribution in [0.4, 0.5) is 0 Å². The fourth-order valence-electron chi connectivity index (χ4n) is 28.4. The fraction of sp³-hybridized carbons (Fsp3) is 0.449. The summed E-state index contributed by atoms with van der Waals surface area (Å²) in [6.07, 6.45) is 22.2. The van der Waals surface area contributed by atoms with Crippen LogP contribution in [0.15, 0.2) is 152 Å². The number of nitrogens with zero attached hydrogens (tertiary/aromatic N) is 5. The maximum absolute atomic E-state index is 9.11. The zero-order chi connectivity index (χ0) is 105. The Morgan fingerprint density at radius 1 is 0.262 bits per heavy atom. The van der Waals surface area contributed by atoms with Gasteiger partial charge in [-0.3, -0.25) is 0 Å². The molecule has 5 nitrogen and oxygen atoms in total. The monoisotopic (exact) mass is 1880 g/mol. The summed E-state index contributed by atoms with van der Waals surface area (Å²) in [5.74, 6) is 7.77. The van der Waals surface area contributed by atoms with Gasteiger partial charge in [0.15, 0.2) is 28.5 Å². The van der Waals surface area contributed by atoms with Crippen molar-refractivity contribution >= 4 is 53.9 Å². The van der Waals surface area contributed by atoms with Crippen molar-refractivity contribution < 1.29 is 29.7 Å². The van der Waals surface area contributed by atoms with E-state index < -0.39 is 0 Å². The van der Waals surface area contributed by atoms with Crippen molar-refractivity contribution in [3.8, 4) is 56.3 Å². The zero-order valence-corrected chi connectivity index (χ0v) is 92.8. The third kappa shape index (κ3) is 19.2. The summed E-state index contributed by atoms with van der Waals surface area (Å²) in [6, 6.07) is 49.7. The van der Waals surface area contributed by atoms with Crippen molar-refractivity contribution in [3.05, 3.63) is 319 Å². The third-order valence-corrected chi connectivity index (χ3v) is 36.6. The number of benzene rings is 10. The lowest BCUT2D eigenvalue weighted by Gasteiger charge is -2.57. The third-order valence-electron chi connectivity index (χ3n) is 36.6. The smallest absolute Gasteiger partial charge is 0.198 e. The Kier molecular flexibility index (Phi) is 25.8. The maximum atomic E-state index is 9.11. The number of pyridine rings is 5. The van der Waals surface area contributed by atoms with Gasteiger partial charge in [-0.15, -0.1) is 0 Å². The average Bonchev–Trinajstić information content (AvgIpc) is 0.797. The highest BCUT2D eigenvalue weighted by Gasteiger charge is 2.53. The summed E-state index contributed by atoms with van der Waals surface area (Å²) in [5, 5.41) is 11.6. The number of hydrogen-bond acceptors (Lipinski definition) is 0. The first kappa shape index (κ1) is 93.9. The molecule has 732 valence electrons. The molecular formula is C136H168N5+5. The van der Waals surface area contributed by atoms with Crippen molar-refractivity contribution in [2.75, 3.05) is 0 Å². The molecule has 0 saturated heterocycles. The highest BCUT2D eigenvalue weighted by Crippen LogP contribution is 2.62. The van der Waals surface area contributed by atoms with Crippen molar-refractivity contribution in [1.82, 2.24) is 0 Å². The molecule has 9 aliphatic rings. The fourth-order valence-corrected chi connectivity index (χ4v) is 28.4. The lowest BCUT2D eigenvalue weighted by molar-refractivity contribution is -0.665. The summed E-state index contributed by atoms with van der Waals surface area (Å²) in [5.41, 5.74) is 52.2. The molecule has 0 radical (unpaired) electrons. The van der Waals surface area contributed by atoms with Crippen molar-refractivity contribution in [3.63, 3.8) is 0 Å². The van der Waals surface area contributed by atoms with E-state index in [0.717, 1.165) is 103 Å². The van der Waals surface area contributed by atoms with E-state index in [1.165, 1.54) is 313 Å². The summed E-state index contributed by atoms with van der Waals surface area (Å²) >= 11 is 0. The molecule has 9 saturated carbocycles. The molecule has 4 atom stereocenters. The molecule has 24 rings (SSSR count). The SMILES string of the molecule is [2H]c1c(C)[n+](C)c(-c2cc(C)cc(C)c2C)c2cc(C)c(C)cc12.[2H]c1c(C)[n+](C)c(-c2cc(C)cc(C)c2C)c2cc(C)c(C34CC5CC(CC(C5)C3)C4)cc12.[2H]c1c(C)[n+](C)c(-c2cc(C)cc(C)c2C)c2cc(C)c(C3CC4CCC3C4)cc12.[2H]c1c(C)[n+](C)c(-c2cc(C)cc(C)c2C)c2cc(C)c(C3CC4CCC3CC4)cc12.[2H]c1c(C)[n+](C)c(-c2cc(C)cc(C)c2C)c2cc(C)c(CC(C)(C)C)cc12. The highest BCUT2D eigenvalue weighted by atomic mass is 15.0. The summed E-state index contributed by atoms with van der Waals surface area (Å²) in [7, 11) is 10.6. The predicted octanol–water partition coefficient (Wildman–Crippen LogP) is 32.9. The lowest BCUT2D eigenvalue weighted by Crippen LogP contribution is -2.48. The van der Waals surface area contributed by atoms with Crippen LogP contribution in [-0.4, -0.2) is 0 Å². The van der Waals surface area contributed by atoms with Crippen molar-refractivity contribution in [2.45, 2.75) is 321 Å². The normalized spacial score (nSPS) is 20.9. The van der Waals surface area contributed by atoms with E-state index in [2.05, 4.69) is 373 Å². The van der Waals surface area contributed by atoms with Gasteiger partial charge in [-0.05, 0) is 498 Å². The summed E-state index contributed by atoms with van der Waals surface area (Å²) in [4.78, 5) is 0. The van der Waals surface area contributed by atoms with Crippen molar-refractivity contribution in [2.24, 2.45) is 82.1 Å². The van der Waals surface area contributed by atoms with Crippen LogP contribution in [0.5, 0.6) is 0 Å². The average molecular weight is 1880 g/mol. The van der Waals surface area contributed by atoms with Gasteiger partial charge in [0.25, 0.3) is 0 Å². The second kappa shape index (κ2) is 38.7. The van der Waals surface area contributed by atoms with Gasteiger partial charge in [-0.2, -0.15) is 22.8 Å². The Morgan fingerprint density at radius 2 is 0.539 bits per heavy atom. The molecule has 9 aliphatic carbocycles. The van der Waals surface area contributed by atoms with Gasteiger partial charge in [0.2, 0.25) is 28.5 Å². The van der Waals surface area contributed by atoms with Crippen LogP contribution in [0, 0.1) is 227 Å². The molecule has 141 heavy (non-hydrogen) atoms. The van der Waals surface area contributed by atoms with Crippen LogP contribution in [0.1, 0.15) is 303 Å². The predicted molar refractivity (Wildman–Crippen MR) is 600 cm³/mol. The van der Waals surface area contributed by atoms with Gasteiger partial charge in [0, 0.05) is 64.8 Å². The Balaban J connectivity index is 0.000000120. The number of aryl methyl sites for hydroxylation is 16. The molecule has 5 heterocycles. The van der Waals surface area contributed by atoms with Crippen LogP contribution in [0.2, 0.25) is 0 Å². The van der Waals surface area contributed by atoms with Gasteiger partial charge in [-0.25, -0.2) is 0 Å². The first-order valence-electron chi connectivity index (χ1n) is 56.4. The quantitative estimate of drug-likeness (QED) is 0.128. The minimum Gasteiger partial charge on any atom is -0.198 e. The molecule has 0 aliphatic heterocycles. The molecule has 10 aromatic carbocycles. The Hall–Kier alpha value is -10.8. The van der Waals surface area contributed by atoms with Crippen LogP contribution in [0.3, 0.4) is 0 Å². The maximum Gasteiger partial charge on any atom is 0.220 e. The van der Waals surface area contributed by atoms with Gasteiger partial charge in [0.1, 0.15) is 35.2 Å². The molecule has 0 spiro atoms. The molecule has 0 N–H and O–H groups in total. The molecule has 5 heteroatoms. The molecule has 9 fully saturated rings. The largest absolute Gasteiger partial charge is 0.220 e. The van der Waals surface area contributed by atoms with Gasteiger partial charge >= 0.3 is 0 Å². The van der Waals surface area contributed by atoms with E-state index in [-0.39, 0.29) is 5.41 Å². The highest BCUT2D eigenvalue weighted by molar-refractivity contribution is 6.00. The minimum absolute atomic E-state index is 0.224. The van der Waals surface area contributed by atoms with E-state index in [1.807, 2.05) is 6.92 Å². The van der Waals surface area contributed by atoms with Gasteiger partial charge < -0.3 is 0 Å². The van der Waals surface area contributed by atoms with Crippen molar-refractivity contribution in [1.29, 1.82) is 0 Å². The summed E-state index contributed by atoms with van der Waals surface area (Å²) < 4.78 is 55.5. The second-order valence-corrected chi connectivity index (χ2v) is 48.2. The molecule has 0 amide bonds. The van der Waals surface area contributed by atoms with Gasteiger partial charge in [0.05, 0.1) is 61.6 Å². The van der Waals surface area contributed by atoms with E-state index >= 15 is 0 Å². The number of fused-ring (bicyclic) bond motifs is 10. The zero-order valence-electron chi connectivity index (χ0n) is 97.8.